The molecule has 102 valence electrons. The summed E-state index contributed by atoms with van der Waals surface area (Å²) in [6.07, 6.45) is 5.79. The highest BCUT2D eigenvalue weighted by Gasteiger charge is 2.38. The van der Waals surface area contributed by atoms with Gasteiger partial charge in [0.2, 0.25) is 5.91 Å². The van der Waals surface area contributed by atoms with Gasteiger partial charge >= 0.3 is 0 Å². The Balaban J connectivity index is 1.95. The van der Waals surface area contributed by atoms with Gasteiger partial charge in [0.25, 0.3) is 0 Å². The summed E-state index contributed by atoms with van der Waals surface area (Å²) in [6, 6.07) is 3.38. The Labute approximate surface area is 114 Å². The van der Waals surface area contributed by atoms with Crippen LogP contribution in [-0.2, 0) is 4.79 Å². The van der Waals surface area contributed by atoms with Crippen molar-refractivity contribution in [1.82, 2.24) is 10.2 Å². The maximum atomic E-state index is 12.2. The lowest BCUT2D eigenvalue weighted by atomic mass is 10.0. The van der Waals surface area contributed by atoms with Gasteiger partial charge in [-0.05, 0) is 32.6 Å². The van der Waals surface area contributed by atoms with Gasteiger partial charge in [0.1, 0.15) is 12.1 Å². The molecule has 1 heterocycles. The lowest BCUT2D eigenvalue weighted by molar-refractivity contribution is -0.131. The Morgan fingerprint density at radius 3 is 2.26 bits per heavy atom. The molecule has 1 aliphatic heterocycles. The summed E-state index contributed by atoms with van der Waals surface area (Å²) in [4.78, 5) is 13.7. The molecule has 2 atom stereocenters. The normalized spacial score (nSPS) is 28.9. The topological polar surface area (TPSA) is 79.9 Å². The van der Waals surface area contributed by atoms with Crippen LogP contribution in [0, 0.1) is 22.7 Å². The summed E-state index contributed by atoms with van der Waals surface area (Å²) in [5.74, 6) is -0.122. The molecule has 1 N–H and O–H groups in total. The summed E-state index contributed by atoms with van der Waals surface area (Å²) in [7, 11) is 0. The van der Waals surface area contributed by atoms with Gasteiger partial charge in [-0.15, -0.1) is 0 Å². The van der Waals surface area contributed by atoms with Gasteiger partial charge in [-0.2, -0.15) is 10.5 Å². The van der Waals surface area contributed by atoms with E-state index in [9.17, 15) is 4.79 Å². The third kappa shape index (κ3) is 2.88. The zero-order chi connectivity index (χ0) is 13.9. The fourth-order valence-electron chi connectivity index (χ4n) is 3.12. The van der Waals surface area contributed by atoms with E-state index in [1.54, 1.807) is 0 Å². The molecule has 0 radical (unpaired) electrons. The van der Waals surface area contributed by atoms with E-state index < -0.39 is 12.1 Å². The highest BCUT2D eigenvalue weighted by molar-refractivity contribution is 5.80. The second-order valence-corrected chi connectivity index (χ2v) is 5.79. The summed E-state index contributed by atoms with van der Waals surface area (Å²) in [5, 5.41) is 21.4. The first-order chi connectivity index (χ1) is 9.09. The minimum Gasteiger partial charge on any atom is -0.310 e. The van der Waals surface area contributed by atoms with E-state index in [1.807, 2.05) is 0 Å². The largest absolute Gasteiger partial charge is 0.310 e. The first kappa shape index (κ1) is 13.8. The van der Waals surface area contributed by atoms with E-state index in [0.717, 1.165) is 12.8 Å². The zero-order valence-electron chi connectivity index (χ0n) is 11.4. The van der Waals surface area contributed by atoms with E-state index in [0.29, 0.717) is 12.8 Å². The van der Waals surface area contributed by atoms with Gasteiger partial charge in [0.15, 0.2) is 0 Å². The van der Waals surface area contributed by atoms with Crippen LogP contribution in [0.2, 0.25) is 0 Å². The molecule has 1 amide bonds. The van der Waals surface area contributed by atoms with Crippen molar-refractivity contribution in [3.8, 4) is 12.1 Å². The van der Waals surface area contributed by atoms with Crippen LogP contribution in [0.3, 0.4) is 0 Å². The number of nitriles is 2. The molecule has 0 aromatic heterocycles. The molecule has 0 unspecified atom stereocenters. The second-order valence-electron chi connectivity index (χ2n) is 5.79. The monoisotopic (exact) mass is 260 g/mol. The van der Waals surface area contributed by atoms with Gasteiger partial charge in [-0.25, -0.2) is 0 Å². The zero-order valence-corrected chi connectivity index (χ0v) is 11.4. The molecule has 1 saturated carbocycles. The Bertz CT molecular complexity index is 406. The van der Waals surface area contributed by atoms with Gasteiger partial charge in [0, 0.05) is 5.54 Å². The van der Waals surface area contributed by atoms with Crippen molar-refractivity contribution in [2.24, 2.45) is 0 Å². The van der Waals surface area contributed by atoms with Gasteiger partial charge in [-0.3, -0.25) is 4.79 Å². The lowest BCUT2D eigenvalue weighted by Gasteiger charge is -2.28. The second kappa shape index (κ2) is 5.59. The number of nitrogens with one attached hydrogen (secondary N) is 1. The molecule has 2 fully saturated rings. The van der Waals surface area contributed by atoms with Crippen LogP contribution >= 0.6 is 0 Å². The average molecular weight is 260 g/mol. The number of nitrogens with zero attached hydrogens (tertiary/aromatic N) is 3. The SMILES string of the molecule is CC1(NCC(=O)N2[C@H](C#N)CC[C@@H]2C#N)CCCC1. The number of carbonyl (C=O) groups excluding carboxylic acids is 1. The van der Waals surface area contributed by atoms with Crippen LogP contribution in [0.4, 0.5) is 0 Å². The number of rotatable bonds is 3. The Hall–Kier alpha value is -1.59. The van der Waals surface area contributed by atoms with Crippen LogP contribution < -0.4 is 5.32 Å². The highest BCUT2D eigenvalue weighted by atomic mass is 16.2. The van der Waals surface area contributed by atoms with E-state index in [1.165, 1.54) is 17.7 Å². The molecule has 2 rings (SSSR count). The molecule has 1 saturated heterocycles. The first-order valence-electron chi connectivity index (χ1n) is 6.95. The number of carbonyl (C=O) groups is 1. The lowest BCUT2D eigenvalue weighted by Crippen LogP contribution is -2.49. The summed E-state index contributed by atoms with van der Waals surface area (Å²) in [5.41, 5.74) is 0.0413. The third-order valence-corrected chi connectivity index (χ3v) is 4.34. The van der Waals surface area contributed by atoms with Gasteiger partial charge in [0.05, 0.1) is 18.7 Å². The van der Waals surface area contributed by atoms with E-state index >= 15 is 0 Å². The fraction of sp³-hybridized carbons (Fsp3) is 0.786. The van der Waals surface area contributed by atoms with Crippen LogP contribution in [0.5, 0.6) is 0 Å². The number of hydrogen-bond donors (Lipinski definition) is 1. The molecule has 19 heavy (non-hydrogen) atoms. The maximum absolute atomic E-state index is 12.2. The van der Waals surface area contributed by atoms with E-state index in [-0.39, 0.29) is 18.0 Å². The summed E-state index contributed by atoms with van der Waals surface area (Å²) < 4.78 is 0. The Morgan fingerprint density at radius 2 is 1.79 bits per heavy atom. The first-order valence-corrected chi connectivity index (χ1v) is 6.95. The molecule has 0 aromatic carbocycles. The highest BCUT2D eigenvalue weighted by Crippen LogP contribution is 2.29. The molecule has 2 aliphatic rings. The molecule has 5 nitrogen and oxygen atoms in total. The maximum Gasteiger partial charge on any atom is 0.238 e. The molecule has 1 aliphatic carbocycles. The van der Waals surface area contributed by atoms with Crippen LogP contribution in [-0.4, -0.2) is 35.0 Å². The Morgan fingerprint density at radius 1 is 1.26 bits per heavy atom. The molecular weight excluding hydrogens is 240 g/mol. The van der Waals surface area contributed by atoms with Crippen molar-refractivity contribution in [3.63, 3.8) is 0 Å². The average Bonchev–Trinajstić information content (AvgIpc) is 3.02. The predicted octanol–water partition coefficient (Wildman–Crippen LogP) is 1.32. The predicted molar refractivity (Wildman–Crippen MR) is 69.8 cm³/mol. The van der Waals surface area contributed by atoms with Gasteiger partial charge < -0.3 is 10.2 Å². The molecule has 0 aromatic rings. The molecule has 0 bridgehead atoms. The van der Waals surface area contributed by atoms with Gasteiger partial charge in [-0.1, -0.05) is 12.8 Å². The number of hydrogen-bond acceptors (Lipinski definition) is 4. The van der Waals surface area contributed by atoms with Crippen molar-refractivity contribution in [1.29, 1.82) is 10.5 Å². The standard InChI is InChI=1S/C14H20N4O/c1-14(6-2-3-7-14)17-10-13(19)18-11(8-15)4-5-12(18)9-16/h11-12,17H,2-7,10H2,1H3/t11-,12+. The van der Waals surface area contributed by atoms with Crippen molar-refractivity contribution in [2.45, 2.75) is 63.1 Å². The minimum absolute atomic E-state index is 0.0413. The summed E-state index contributed by atoms with van der Waals surface area (Å²) in [6.45, 7) is 2.37. The molecular formula is C14H20N4O. The number of likely N-dealkylation sites (tertiary alicyclic amines) is 1. The smallest absolute Gasteiger partial charge is 0.238 e. The molecule has 5 heteroatoms. The molecule has 0 spiro atoms. The third-order valence-electron chi connectivity index (χ3n) is 4.34. The quantitative estimate of drug-likeness (QED) is 0.829. The van der Waals surface area contributed by atoms with E-state index in [4.69, 9.17) is 10.5 Å². The van der Waals surface area contributed by atoms with Crippen LogP contribution in [0.1, 0.15) is 45.4 Å². The van der Waals surface area contributed by atoms with Crippen molar-refractivity contribution in [2.75, 3.05) is 6.54 Å². The van der Waals surface area contributed by atoms with Crippen molar-refractivity contribution >= 4 is 5.91 Å². The van der Waals surface area contributed by atoms with E-state index in [2.05, 4.69) is 24.4 Å². The summed E-state index contributed by atoms with van der Waals surface area (Å²) >= 11 is 0. The van der Waals surface area contributed by atoms with Crippen LogP contribution in [0.15, 0.2) is 0 Å². The van der Waals surface area contributed by atoms with Crippen LogP contribution in [0.25, 0.3) is 0 Å². The van der Waals surface area contributed by atoms with Crippen molar-refractivity contribution < 1.29 is 4.79 Å². The van der Waals surface area contributed by atoms with Crippen molar-refractivity contribution in [3.05, 3.63) is 0 Å². The number of amides is 1. The Kier molecular flexibility index (Phi) is 4.07. The minimum atomic E-state index is -0.435. The fourth-order valence-corrected chi connectivity index (χ4v) is 3.12.